The van der Waals surface area contributed by atoms with Crippen molar-refractivity contribution in [2.24, 2.45) is 5.92 Å². The van der Waals surface area contributed by atoms with Gasteiger partial charge in [0.1, 0.15) is 0 Å². The molecule has 0 aromatic carbocycles. The van der Waals surface area contributed by atoms with E-state index in [1.165, 1.54) is 44.9 Å². The van der Waals surface area contributed by atoms with Gasteiger partial charge in [-0.15, -0.1) is 0 Å². The molecule has 1 unspecified atom stereocenters. The van der Waals surface area contributed by atoms with E-state index < -0.39 is 0 Å². The van der Waals surface area contributed by atoms with Crippen LogP contribution in [0.5, 0.6) is 0 Å². The summed E-state index contributed by atoms with van der Waals surface area (Å²) in [5, 5.41) is 13.3. The van der Waals surface area contributed by atoms with Crippen LogP contribution in [-0.4, -0.2) is 37.0 Å². The number of ether oxygens (including phenoxy) is 1. The van der Waals surface area contributed by atoms with Gasteiger partial charge in [-0.05, 0) is 32.1 Å². The molecule has 3 nitrogen and oxygen atoms in total. The Morgan fingerprint density at radius 1 is 1.21 bits per heavy atom. The van der Waals surface area contributed by atoms with Crippen LogP contribution in [0.15, 0.2) is 0 Å². The highest BCUT2D eigenvalue weighted by molar-refractivity contribution is 4.78. The molecular weight excluding hydrogens is 238 g/mol. The molecule has 2 N–H and O–H groups in total. The molecule has 0 aromatic rings. The monoisotopic (exact) mass is 271 g/mol. The van der Waals surface area contributed by atoms with Crippen LogP contribution in [0.25, 0.3) is 0 Å². The topological polar surface area (TPSA) is 41.5 Å². The Morgan fingerprint density at radius 3 is 2.63 bits per heavy atom. The Kier molecular flexibility index (Phi) is 9.48. The van der Waals surface area contributed by atoms with Gasteiger partial charge in [0.2, 0.25) is 0 Å². The van der Waals surface area contributed by atoms with Gasteiger partial charge in [0.15, 0.2) is 0 Å². The third kappa shape index (κ3) is 7.91. The normalized spacial score (nSPS) is 19.7. The molecule has 1 fully saturated rings. The lowest BCUT2D eigenvalue weighted by atomic mass is 10.00. The summed E-state index contributed by atoms with van der Waals surface area (Å²) in [5.41, 5.74) is 0. The predicted molar refractivity (Wildman–Crippen MR) is 80.4 cm³/mol. The second-order valence-electron chi connectivity index (χ2n) is 6.03. The van der Waals surface area contributed by atoms with Gasteiger partial charge in [-0.2, -0.15) is 0 Å². The highest BCUT2D eigenvalue weighted by Gasteiger charge is 2.21. The minimum absolute atomic E-state index is 0.366. The number of nitrogens with one attached hydrogen (secondary N) is 1. The fourth-order valence-corrected chi connectivity index (χ4v) is 2.86. The number of rotatable bonds is 11. The molecule has 0 aliphatic heterocycles. The van der Waals surface area contributed by atoms with Gasteiger partial charge < -0.3 is 15.2 Å². The van der Waals surface area contributed by atoms with Gasteiger partial charge in [-0.1, -0.05) is 39.0 Å². The average molecular weight is 271 g/mol. The van der Waals surface area contributed by atoms with Crippen LogP contribution in [0.3, 0.4) is 0 Å². The van der Waals surface area contributed by atoms with Crippen molar-refractivity contribution in [2.75, 3.05) is 19.8 Å². The molecule has 114 valence electrons. The number of hydrogen-bond acceptors (Lipinski definition) is 3. The molecule has 0 amide bonds. The third-order valence-electron chi connectivity index (χ3n) is 4.23. The molecule has 3 heteroatoms. The largest absolute Gasteiger partial charge is 0.389 e. The molecule has 0 bridgehead atoms. The van der Waals surface area contributed by atoms with Crippen molar-refractivity contribution in [2.45, 2.75) is 77.4 Å². The molecular formula is C16H33NO2. The lowest BCUT2D eigenvalue weighted by Crippen LogP contribution is -2.39. The standard InChI is InChI=1S/C16H33NO2/c1-3-4-5-8-11-19-13-16(18)12-17-14(2)15-9-6-7-10-15/h14-18H,3-13H2,1-2H3/t14-,16?/m0/s1. The fraction of sp³-hybridized carbons (Fsp3) is 1.00. The molecule has 1 saturated carbocycles. The summed E-state index contributed by atoms with van der Waals surface area (Å²) < 4.78 is 5.51. The van der Waals surface area contributed by atoms with Gasteiger partial charge in [0, 0.05) is 19.2 Å². The first kappa shape index (κ1) is 16.9. The maximum absolute atomic E-state index is 9.86. The van der Waals surface area contributed by atoms with Crippen molar-refractivity contribution in [1.29, 1.82) is 0 Å². The van der Waals surface area contributed by atoms with Crippen molar-refractivity contribution >= 4 is 0 Å². The van der Waals surface area contributed by atoms with E-state index in [9.17, 15) is 5.11 Å². The quantitative estimate of drug-likeness (QED) is 0.567. The zero-order chi connectivity index (χ0) is 13.9. The van der Waals surface area contributed by atoms with Crippen LogP contribution in [-0.2, 0) is 4.74 Å². The smallest absolute Gasteiger partial charge is 0.0897 e. The van der Waals surface area contributed by atoms with E-state index in [4.69, 9.17) is 4.74 Å². The van der Waals surface area contributed by atoms with Crippen LogP contribution >= 0.6 is 0 Å². The molecule has 0 radical (unpaired) electrons. The first-order chi connectivity index (χ1) is 9.24. The van der Waals surface area contributed by atoms with E-state index in [-0.39, 0.29) is 6.10 Å². The Labute approximate surface area is 119 Å². The highest BCUT2D eigenvalue weighted by atomic mass is 16.5. The van der Waals surface area contributed by atoms with Gasteiger partial charge in [0.05, 0.1) is 12.7 Å². The third-order valence-corrected chi connectivity index (χ3v) is 4.23. The first-order valence-electron chi connectivity index (χ1n) is 8.23. The number of unbranched alkanes of at least 4 members (excludes halogenated alkanes) is 3. The molecule has 0 spiro atoms. The first-order valence-corrected chi connectivity index (χ1v) is 8.23. The van der Waals surface area contributed by atoms with Gasteiger partial charge in [-0.3, -0.25) is 0 Å². The molecule has 0 saturated heterocycles. The summed E-state index contributed by atoms with van der Waals surface area (Å²) in [6, 6.07) is 0.529. The van der Waals surface area contributed by atoms with Crippen molar-refractivity contribution in [3.05, 3.63) is 0 Å². The van der Waals surface area contributed by atoms with Crippen molar-refractivity contribution < 1.29 is 9.84 Å². The average Bonchev–Trinajstić information content (AvgIpc) is 2.94. The van der Waals surface area contributed by atoms with Crippen molar-refractivity contribution in [3.63, 3.8) is 0 Å². The lowest BCUT2D eigenvalue weighted by molar-refractivity contribution is 0.0334. The molecule has 0 aromatic heterocycles. The molecule has 1 rings (SSSR count). The summed E-state index contributed by atoms with van der Waals surface area (Å²) in [6.07, 6.45) is 9.97. The minimum Gasteiger partial charge on any atom is -0.389 e. The van der Waals surface area contributed by atoms with Crippen LogP contribution in [0.1, 0.15) is 65.2 Å². The number of hydrogen-bond donors (Lipinski definition) is 2. The van der Waals surface area contributed by atoms with Crippen LogP contribution in [0.4, 0.5) is 0 Å². The van der Waals surface area contributed by atoms with Crippen LogP contribution < -0.4 is 5.32 Å². The van der Waals surface area contributed by atoms with Gasteiger partial charge in [0.25, 0.3) is 0 Å². The fourth-order valence-electron chi connectivity index (χ4n) is 2.86. The summed E-state index contributed by atoms with van der Waals surface area (Å²) in [5.74, 6) is 0.808. The molecule has 2 atom stereocenters. The second kappa shape index (κ2) is 10.6. The molecule has 1 aliphatic rings. The highest BCUT2D eigenvalue weighted by Crippen LogP contribution is 2.27. The zero-order valence-electron chi connectivity index (χ0n) is 12.9. The summed E-state index contributed by atoms with van der Waals surface area (Å²) in [4.78, 5) is 0. The Balaban J connectivity index is 1.93. The van der Waals surface area contributed by atoms with Crippen molar-refractivity contribution in [1.82, 2.24) is 5.32 Å². The SMILES string of the molecule is CCCCCCOCC(O)CN[C@@H](C)C1CCCC1. The Bertz CT molecular complexity index is 205. The lowest BCUT2D eigenvalue weighted by Gasteiger charge is -2.22. The second-order valence-corrected chi connectivity index (χ2v) is 6.03. The summed E-state index contributed by atoms with van der Waals surface area (Å²) in [7, 11) is 0. The number of aliphatic hydroxyl groups excluding tert-OH is 1. The van der Waals surface area contributed by atoms with Gasteiger partial charge in [-0.25, -0.2) is 0 Å². The zero-order valence-corrected chi connectivity index (χ0v) is 12.9. The molecule has 19 heavy (non-hydrogen) atoms. The summed E-state index contributed by atoms with van der Waals surface area (Å²) >= 11 is 0. The molecule has 1 aliphatic carbocycles. The van der Waals surface area contributed by atoms with E-state index in [1.54, 1.807) is 0 Å². The van der Waals surface area contributed by atoms with Crippen LogP contribution in [0, 0.1) is 5.92 Å². The Morgan fingerprint density at radius 2 is 1.95 bits per heavy atom. The van der Waals surface area contributed by atoms with E-state index in [0.29, 0.717) is 19.2 Å². The van der Waals surface area contributed by atoms with Crippen LogP contribution in [0.2, 0.25) is 0 Å². The van der Waals surface area contributed by atoms with E-state index in [1.807, 2.05) is 0 Å². The van der Waals surface area contributed by atoms with Gasteiger partial charge >= 0.3 is 0 Å². The van der Waals surface area contributed by atoms with E-state index in [0.717, 1.165) is 18.9 Å². The van der Waals surface area contributed by atoms with Crippen molar-refractivity contribution in [3.8, 4) is 0 Å². The molecule has 0 heterocycles. The maximum atomic E-state index is 9.86. The summed E-state index contributed by atoms with van der Waals surface area (Å²) in [6.45, 7) is 6.37. The Hall–Kier alpha value is -0.120. The minimum atomic E-state index is -0.366. The number of aliphatic hydroxyl groups is 1. The van der Waals surface area contributed by atoms with E-state index >= 15 is 0 Å². The maximum Gasteiger partial charge on any atom is 0.0897 e. The van der Waals surface area contributed by atoms with E-state index in [2.05, 4.69) is 19.2 Å². The predicted octanol–water partition coefficient (Wildman–Crippen LogP) is 3.11.